The number of halogens is 2. The van der Waals surface area contributed by atoms with Crippen LogP contribution in [0.15, 0.2) is 23.6 Å². The van der Waals surface area contributed by atoms with E-state index < -0.39 is 0 Å². The van der Waals surface area contributed by atoms with Crippen molar-refractivity contribution in [2.24, 2.45) is 5.73 Å². The van der Waals surface area contributed by atoms with Crippen LogP contribution in [0.2, 0.25) is 0 Å². The number of nitrogens with one attached hydrogen (secondary N) is 1. The van der Waals surface area contributed by atoms with Crippen LogP contribution in [0, 0.1) is 6.92 Å². The Labute approximate surface area is 192 Å². The largest absolute Gasteiger partial charge is 0.330 e. The third kappa shape index (κ3) is 5.18. The number of aromatic nitrogens is 4. The molecule has 30 heavy (non-hydrogen) atoms. The fourth-order valence-corrected chi connectivity index (χ4v) is 4.23. The highest BCUT2D eigenvalue weighted by Crippen LogP contribution is 2.27. The zero-order chi connectivity index (χ0) is 19.5. The predicted octanol–water partition coefficient (Wildman–Crippen LogP) is 4.03. The van der Waals surface area contributed by atoms with Gasteiger partial charge in [-0.15, -0.1) is 46.3 Å². The molecule has 0 bridgehead atoms. The van der Waals surface area contributed by atoms with Crippen LogP contribution < -0.4 is 11.1 Å². The van der Waals surface area contributed by atoms with E-state index >= 15 is 0 Å². The maximum atomic E-state index is 12.6. The van der Waals surface area contributed by atoms with Gasteiger partial charge in [-0.05, 0) is 37.9 Å². The monoisotopic (exact) mass is 468 g/mol. The number of amides is 1. The molecule has 1 aliphatic rings. The van der Waals surface area contributed by atoms with Crippen molar-refractivity contribution in [1.29, 1.82) is 0 Å². The molecule has 3 N–H and O–H groups in total. The molecule has 4 rings (SSSR count). The summed E-state index contributed by atoms with van der Waals surface area (Å²) in [4.78, 5) is 17.0. The first kappa shape index (κ1) is 24.3. The van der Waals surface area contributed by atoms with Gasteiger partial charge in [0.25, 0.3) is 5.91 Å². The Morgan fingerprint density at radius 3 is 2.87 bits per heavy atom. The number of nitrogens with zero attached hydrogens (tertiary/aromatic N) is 4. The lowest BCUT2D eigenvalue weighted by Crippen LogP contribution is -2.14. The van der Waals surface area contributed by atoms with Gasteiger partial charge in [-0.3, -0.25) is 4.79 Å². The SMILES string of the molecule is Cc1ccc(-c2nnc3n2CCCCC3)cc1NC(=O)c1csc(CCN)n1.Cl.Cl. The minimum Gasteiger partial charge on any atom is -0.330 e. The molecular formula is C20H26Cl2N6OS. The first-order valence-corrected chi connectivity index (χ1v) is 10.5. The molecule has 3 aromatic rings. The highest BCUT2D eigenvalue weighted by molar-refractivity contribution is 7.09. The maximum absolute atomic E-state index is 12.6. The minimum atomic E-state index is -0.208. The highest BCUT2D eigenvalue weighted by Gasteiger charge is 2.18. The Balaban J connectivity index is 0.00000160. The van der Waals surface area contributed by atoms with E-state index in [9.17, 15) is 4.79 Å². The Kier molecular flexibility index (Phi) is 8.78. The summed E-state index contributed by atoms with van der Waals surface area (Å²) in [6, 6.07) is 6.02. The first-order valence-electron chi connectivity index (χ1n) is 9.64. The lowest BCUT2D eigenvalue weighted by molar-refractivity contribution is 0.102. The number of benzene rings is 1. The number of rotatable bonds is 5. The van der Waals surface area contributed by atoms with E-state index in [1.54, 1.807) is 5.38 Å². The predicted molar refractivity (Wildman–Crippen MR) is 125 cm³/mol. The number of hydrogen-bond acceptors (Lipinski definition) is 6. The summed E-state index contributed by atoms with van der Waals surface area (Å²) >= 11 is 1.46. The number of carbonyl (C=O) groups excluding carboxylic acids is 1. The molecule has 0 saturated heterocycles. The molecule has 0 saturated carbocycles. The van der Waals surface area contributed by atoms with Crippen molar-refractivity contribution in [3.8, 4) is 11.4 Å². The van der Waals surface area contributed by atoms with Crippen LogP contribution in [0.1, 0.15) is 46.1 Å². The molecule has 3 heterocycles. The fraction of sp³-hybridized carbons (Fsp3) is 0.400. The van der Waals surface area contributed by atoms with E-state index in [1.165, 1.54) is 17.8 Å². The van der Waals surface area contributed by atoms with E-state index in [1.807, 2.05) is 25.1 Å². The van der Waals surface area contributed by atoms with Crippen molar-refractivity contribution in [2.75, 3.05) is 11.9 Å². The molecular weight excluding hydrogens is 443 g/mol. The molecule has 0 atom stereocenters. The number of nitrogens with two attached hydrogens (primary N) is 1. The highest BCUT2D eigenvalue weighted by atomic mass is 35.5. The number of fused-ring (bicyclic) bond motifs is 1. The zero-order valence-corrected chi connectivity index (χ0v) is 19.2. The number of thiazole rings is 1. The molecule has 0 unspecified atom stereocenters. The second-order valence-corrected chi connectivity index (χ2v) is 7.99. The molecule has 1 aliphatic heterocycles. The number of hydrogen-bond donors (Lipinski definition) is 2. The summed E-state index contributed by atoms with van der Waals surface area (Å²) in [5, 5.41) is 14.4. The van der Waals surface area contributed by atoms with Crippen molar-refractivity contribution < 1.29 is 4.79 Å². The smallest absolute Gasteiger partial charge is 0.275 e. The van der Waals surface area contributed by atoms with E-state index in [-0.39, 0.29) is 30.7 Å². The quantitative estimate of drug-likeness (QED) is 0.588. The lowest BCUT2D eigenvalue weighted by Gasteiger charge is -2.11. The first-order chi connectivity index (χ1) is 13.7. The second-order valence-electron chi connectivity index (χ2n) is 7.05. The zero-order valence-electron chi connectivity index (χ0n) is 16.8. The van der Waals surface area contributed by atoms with Gasteiger partial charge in [-0.1, -0.05) is 18.6 Å². The van der Waals surface area contributed by atoms with Gasteiger partial charge in [0.2, 0.25) is 0 Å². The van der Waals surface area contributed by atoms with Gasteiger partial charge < -0.3 is 15.6 Å². The number of carbonyl (C=O) groups is 1. The van der Waals surface area contributed by atoms with Crippen molar-refractivity contribution in [3.63, 3.8) is 0 Å². The van der Waals surface area contributed by atoms with E-state index in [2.05, 4.69) is 25.1 Å². The Morgan fingerprint density at radius 1 is 1.23 bits per heavy atom. The summed E-state index contributed by atoms with van der Waals surface area (Å²) in [5.74, 6) is 1.71. The molecule has 162 valence electrons. The molecule has 10 heteroatoms. The van der Waals surface area contributed by atoms with Gasteiger partial charge in [0.1, 0.15) is 11.5 Å². The fourth-order valence-electron chi connectivity index (χ4n) is 3.43. The second kappa shape index (κ2) is 10.9. The molecule has 0 aliphatic carbocycles. The van der Waals surface area contributed by atoms with Gasteiger partial charge in [0.05, 0.1) is 5.01 Å². The van der Waals surface area contributed by atoms with Crippen LogP contribution >= 0.6 is 36.2 Å². The van der Waals surface area contributed by atoms with Gasteiger partial charge in [0, 0.05) is 36.0 Å². The third-order valence-electron chi connectivity index (χ3n) is 5.00. The van der Waals surface area contributed by atoms with Crippen LogP contribution in [0.4, 0.5) is 5.69 Å². The number of anilines is 1. The third-order valence-corrected chi connectivity index (χ3v) is 5.90. The topological polar surface area (TPSA) is 98.7 Å². The average Bonchev–Trinajstić information content (AvgIpc) is 3.25. The van der Waals surface area contributed by atoms with Gasteiger partial charge in [-0.2, -0.15) is 0 Å². The summed E-state index contributed by atoms with van der Waals surface area (Å²) in [6.07, 6.45) is 5.18. The van der Waals surface area contributed by atoms with Crippen LogP contribution in [0.25, 0.3) is 11.4 Å². The molecule has 7 nitrogen and oxygen atoms in total. The maximum Gasteiger partial charge on any atom is 0.275 e. The number of aryl methyl sites for hydroxylation is 2. The van der Waals surface area contributed by atoms with Gasteiger partial charge >= 0.3 is 0 Å². The van der Waals surface area contributed by atoms with E-state index in [4.69, 9.17) is 5.73 Å². The Morgan fingerprint density at radius 2 is 2.07 bits per heavy atom. The molecule has 1 amide bonds. The summed E-state index contributed by atoms with van der Waals surface area (Å²) in [7, 11) is 0. The van der Waals surface area contributed by atoms with Crippen molar-refractivity contribution in [2.45, 2.75) is 45.6 Å². The van der Waals surface area contributed by atoms with Gasteiger partial charge in [0.15, 0.2) is 5.82 Å². The standard InChI is InChI=1S/C20H24N6OS.2ClH/c1-13-6-7-14(19-25-24-17-5-3-2-4-10-26(17)19)11-15(13)23-20(27)16-12-28-18(22-16)8-9-21;;/h6-7,11-12H,2-5,8-10,21H2,1H3,(H,23,27);2*1H. The molecule has 2 aromatic heterocycles. The van der Waals surface area contributed by atoms with Crippen molar-refractivity contribution in [3.05, 3.63) is 45.7 Å². The van der Waals surface area contributed by atoms with Crippen LogP contribution in [0.3, 0.4) is 0 Å². The summed E-state index contributed by atoms with van der Waals surface area (Å²) in [5.41, 5.74) is 8.71. The van der Waals surface area contributed by atoms with Gasteiger partial charge in [-0.25, -0.2) is 4.98 Å². The normalized spacial score (nSPS) is 12.9. The Bertz CT molecular complexity index is 1000. The van der Waals surface area contributed by atoms with Crippen LogP contribution in [-0.4, -0.2) is 32.2 Å². The van der Waals surface area contributed by atoms with Crippen molar-refractivity contribution in [1.82, 2.24) is 19.7 Å². The lowest BCUT2D eigenvalue weighted by atomic mass is 10.1. The molecule has 0 spiro atoms. The van der Waals surface area contributed by atoms with Crippen LogP contribution in [-0.2, 0) is 19.4 Å². The summed E-state index contributed by atoms with van der Waals surface area (Å²) in [6.45, 7) is 3.44. The Hall–Kier alpha value is -2.00. The van der Waals surface area contributed by atoms with Crippen molar-refractivity contribution >= 4 is 47.7 Å². The van der Waals surface area contributed by atoms with E-state index in [0.717, 1.165) is 59.3 Å². The molecule has 0 fully saturated rings. The van der Waals surface area contributed by atoms with Crippen LogP contribution in [0.5, 0.6) is 0 Å². The summed E-state index contributed by atoms with van der Waals surface area (Å²) < 4.78 is 2.21. The molecule has 0 radical (unpaired) electrons. The van der Waals surface area contributed by atoms with E-state index in [0.29, 0.717) is 18.7 Å². The molecule has 1 aromatic carbocycles. The average molecular weight is 469 g/mol. The minimum absolute atomic E-state index is 0.